The quantitative estimate of drug-likeness (QED) is 0.0677. The van der Waals surface area contributed by atoms with Crippen LogP contribution in [0, 0.1) is 0 Å². The molecule has 0 aromatic heterocycles. The fraction of sp³-hybridized carbons (Fsp3) is 0.174. The molecule has 0 atom stereocenters. The van der Waals surface area contributed by atoms with Gasteiger partial charge in [-0.05, 0) is 135 Å². The first-order valence-electron chi connectivity index (χ1n) is 16.8. The van der Waals surface area contributed by atoms with E-state index in [1.807, 2.05) is 0 Å². The largest absolute Gasteiger partial charge is 0.462 e. The van der Waals surface area contributed by atoms with Crippen molar-refractivity contribution < 1.29 is 38.0 Å². The molecule has 0 heterocycles. The topological polar surface area (TPSA) is 194 Å². The van der Waals surface area contributed by atoms with E-state index in [1.165, 1.54) is 0 Å². The molecular weight excluding hydrogens is 737 g/mol. The maximum Gasteiger partial charge on any atom is 0.338 e. The average molecular weight is 793 g/mol. The second kappa shape index (κ2) is 23.6. The number of anilines is 4. The summed E-state index contributed by atoms with van der Waals surface area (Å²) in [5.74, 6) is 3.20. The van der Waals surface area contributed by atoms with Gasteiger partial charge in [0.2, 0.25) is 0 Å². The number of hydrogen-bond acceptors (Lipinski definition) is 12. The zero-order valence-electron chi connectivity index (χ0n) is 29.7. The van der Waals surface area contributed by atoms with Gasteiger partial charge in [0.05, 0.1) is 24.3 Å². The lowest BCUT2D eigenvalue weighted by molar-refractivity contribution is 0.0516. The lowest BCUT2D eigenvalue weighted by Gasteiger charge is -2.12. The number of rotatable bonds is 12. The van der Waals surface area contributed by atoms with Gasteiger partial charge in [0.1, 0.15) is 46.0 Å². The van der Waals surface area contributed by atoms with E-state index in [0.717, 1.165) is 0 Å². The highest BCUT2D eigenvalue weighted by atomic mass is 16.5. The lowest BCUT2D eigenvalue weighted by Crippen LogP contribution is -2.05. The Morgan fingerprint density at radius 2 is 0.569 bits per heavy atom. The van der Waals surface area contributed by atoms with E-state index < -0.39 is 11.9 Å². The van der Waals surface area contributed by atoms with Gasteiger partial charge in [0, 0.05) is 34.9 Å². The molecular formula is C46H56N4O8. The van der Waals surface area contributed by atoms with E-state index in [-0.39, 0.29) is 42.9 Å². The molecule has 12 nitrogen and oxygen atoms in total. The molecule has 58 heavy (non-hydrogen) atoms. The highest BCUT2D eigenvalue weighted by molar-refractivity contribution is 5.91. The molecule has 0 saturated carbocycles. The lowest BCUT2D eigenvalue weighted by atomic mass is 10.2. The van der Waals surface area contributed by atoms with Crippen molar-refractivity contribution in [2.75, 3.05) is 36.1 Å². The van der Waals surface area contributed by atoms with Gasteiger partial charge < -0.3 is 51.4 Å². The monoisotopic (exact) mass is 792 g/mol. The van der Waals surface area contributed by atoms with Crippen molar-refractivity contribution in [3.8, 4) is 46.0 Å². The van der Waals surface area contributed by atoms with Crippen LogP contribution in [0.2, 0.25) is 0 Å². The maximum absolute atomic E-state index is 12.2. The third-order valence-electron chi connectivity index (χ3n) is 7.25. The van der Waals surface area contributed by atoms with Crippen LogP contribution in [0.1, 0.15) is 64.3 Å². The summed E-state index contributed by atoms with van der Waals surface area (Å²) in [6, 6.07) is 37.6. The number of hydrogen-bond donors (Lipinski definition) is 4. The number of nitrogen functional groups attached to an aromatic ring is 4. The van der Waals surface area contributed by atoms with Crippen LogP contribution in [0.3, 0.4) is 0 Å². The molecule has 308 valence electrons. The Labute approximate surface area is 342 Å². The first-order chi connectivity index (χ1) is 26.1. The SMILES string of the molecule is C.C.C.C.CCOC(=O)c1cc(Oc2ccc(N)cc2)cc(Oc2ccc(N)cc2)c1.CCOC(=O)c1cc(Oc2ccc(N)cc2)cc(Oc2ccc(N)cc2)c1. The van der Waals surface area contributed by atoms with Crippen LogP contribution in [0.15, 0.2) is 133 Å². The van der Waals surface area contributed by atoms with Gasteiger partial charge >= 0.3 is 11.9 Å². The summed E-state index contributed by atoms with van der Waals surface area (Å²) in [7, 11) is 0. The number of carbonyl (C=O) groups is 2. The second-order valence-electron chi connectivity index (χ2n) is 11.5. The van der Waals surface area contributed by atoms with Gasteiger partial charge in [-0.15, -0.1) is 0 Å². The van der Waals surface area contributed by atoms with Crippen molar-refractivity contribution in [2.45, 2.75) is 43.6 Å². The fourth-order valence-corrected chi connectivity index (χ4v) is 4.73. The molecule has 0 bridgehead atoms. The van der Waals surface area contributed by atoms with Gasteiger partial charge in [0.15, 0.2) is 0 Å². The summed E-state index contributed by atoms with van der Waals surface area (Å²) in [6.07, 6.45) is 0. The van der Waals surface area contributed by atoms with E-state index in [2.05, 4.69) is 0 Å². The van der Waals surface area contributed by atoms with Crippen molar-refractivity contribution >= 4 is 34.7 Å². The highest BCUT2D eigenvalue weighted by Gasteiger charge is 2.14. The Kier molecular flexibility index (Phi) is 19.8. The first kappa shape index (κ1) is 48.7. The van der Waals surface area contributed by atoms with Crippen LogP contribution >= 0.6 is 0 Å². The zero-order valence-corrected chi connectivity index (χ0v) is 29.7. The molecule has 0 aliphatic rings. The van der Waals surface area contributed by atoms with Crippen LogP contribution in [0.5, 0.6) is 46.0 Å². The van der Waals surface area contributed by atoms with E-state index in [4.69, 9.17) is 51.4 Å². The Morgan fingerprint density at radius 1 is 0.362 bits per heavy atom. The zero-order chi connectivity index (χ0) is 38.5. The molecule has 8 N–H and O–H groups in total. The molecule has 0 fully saturated rings. The minimum Gasteiger partial charge on any atom is -0.462 e. The summed E-state index contributed by atoms with van der Waals surface area (Å²) in [5.41, 5.74) is 26.0. The number of benzene rings is 6. The van der Waals surface area contributed by atoms with Crippen LogP contribution in [0.4, 0.5) is 22.7 Å². The predicted octanol–water partition coefficient (Wildman–Crippen LogP) is 11.8. The van der Waals surface area contributed by atoms with Crippen molar-refractivity contribution in [1.82, 2.24) is 0 Å². The second-order valence-corrected chi connectivity index (χ2v) is 11.5. The Morgan fingerprint density at radius 3 is 0.759 bits per heavy atom. The minimum atomic E-state index is -0.456. The standard InChI is InChI=1S/2C21H20N2O4.4CH4/c2*1-2-25-21(24)14-11-19(26-17-7-3-15(22)4-8-17)13-20(12-14)27-18-9-5-16(23)6-10-18;;;;/h2*3-13H,2,22-23H2,1H3;4*1H4. The fourth-order valence-electron chi connectivity index (χ4n) is 4.73. The highest BCUT2D eigenvalue weighted by Crippen LogP contribution is 2.33. The van der Waals surface area contributed by atoms with Gasteiger partial charge in [-0.1, -0.05) is 29.7 Å². The molecule has 0 aliphatic carbocycles. The van der Waals surface area contributed by atoms with Crippen molar-refractivity contribution in [3.63, 3.8) is 0 Å². The summed E-state index contributed by atoms with van der Waals surface area (Å²) in [4.78, 5) is 24.4. The van der Waals surface area contributed by atoms with Gasteiger partial charge in [-0.3, -0.25) is 0 Å². The van der Waals surface area contributed by atoms with Crippen LogP contribution < -0.4 is 41.9 Å². The molecule has 6 rings (SSSR count). The van der Waals surface area contributed by atoms with Crippen molar-refractivity contribution in [1.29, 1.82) is 0 Å². The third kappa shape index (κ3) is 14.7. The summed E-state index contributed by atoms with van der Waals surface area (Å²) in [5, 5.41) is 0. The summed E-state index contributed by atoms with van der Waals surface area (Å²) < 4.78 is 33.5. The van der Waals surface area contributed by atoms with Gasteiger partial charge in [0.25, 0.3) is 0 Å². The Balaban J connectivity index is 0.000000543. The van der Waals surface area contributed by atoms with E-state index in [0.29, 0.717) is 79.9 Å². The molecule has 6 aromatic rings. The summed E-state index contributed by atoms with van der Waals surface area (Å²) >= 11 is 0. The molecule has 0 saturated heterocycles. The van der Waals surface area contributed by atoms with Gasteiger partial charge in [-0.25, -0.2) is 9.59 Å². The van der Waals surface area contributed by atoms with Crippen LogP contribution in [-0.4, -0.2) is 25.2 Å². The normalized spacial score (nSPS) is 9.55. The van der Waals surface area contributed by atoms with Crippen LogP contribution in [-0.2, 0) is 9.47 Å². The maximum atomic E-state index is 12.2. The van der Waals surface area contributed by atoms with E-state index >= 15 is 0 Å². The van der Waals surface area contributed by atoms with Crippen LogP contribution in [0.25, 0.3) is 0 Å². The molecule has 6 aromatic carbocycles. The predicted molar refractivity (Wildman–Crippen MR) is 235 cm³/mol. The number of ether oxygens (including phenoxy) is 6. The number of nitrogens with two attached hydrogens (primary N) is 4. The first-order valence-corrected chi connectivity index (χ1v) is 16.8. The van der Waals surface area contributed by atoms with E-state index in [1.54, 1.807) is 147 Å². The van der Waals surface area contributed by atoms with E-state index in [9.17, 15) is 9.59 Å². The number of carbonyl (C=O) groups excluding carboxylic acids is 2. The molecule has 12 heteroatoms. The molecule has 0 aliphatic heterocycles. The minimum absolute atomic E-state index is 0. The van der Waals surface area contributed by atoms with Crippen molar-refractivity contribution in [2.24, 2.45) is 0 Å². The average Bonchev–Trinajstić information content (AvgIpc) is 3.16. The molecule has 0 amide bonds. The number of esters is 2. The Bertz CT molecular complexity index is 1870. The van der Waals surface area contributed by atoms with Crippen molar-refractivity contribution in [3.05, 3.63) is 145 Å². The third-order valence-corrected chi connectivity index (χ3v) is 7.25. The molecule has 0 unspecified atom stereocenters. The molecule has 0 radical (unpaired) electrons. The van der Waals surface area contributed by atoms with Gasteiger partial charge in [-0.2, -0.15) is 0 Å². The molecule has 0 spiro atoms. The summed E-state index contributed by atoms with van der Waals surface area (Å²) in [6.45, 7) is 4.04. The Hall–Kier alpha value is -7.34. The smallest absolute Gasteiger partial charge is 0.338 e.